The van der Waals surface area contributed by atoms with Gasteiger partial charge in [0.15, 0.2) is 0 Å². The van der Waals surface area contributed by atoms with Crippen LogP contribution in [0.2, 0.25) is 0 Å². The van der Waals surface area contributed by atoms with Crippen molar-refractivity contribution in [1.82, 2.24) is 24.6 Å². The van der Waals surface area contributed by atoms with Gasteiger partial charge in [-0.3, -0.25) is 14.2 Å². The van der Waals surface area contributed by atoms with E-state index in [1.807, 2.05) is 0 Å². The Bertz CT molecular complexity index is 1440. The van der Waals surface area contributed by atoms with Gasteiger partial charge in [0.2, 0.25) is 0 Å². The summed E-state index contributed by atoms with van der Waals surface area (Å²) in [6.07, 6.45) is 2.44. The van der Waals surface area contributed by atoms with Gasteiger partial charge in [-0.05, 0) is 42.3 Å². The number of halogens is 1. The van der Waals surface area contributed by atoms with E-state index in [1.165, 1.54) is 49.5 Å². The van der Waals surface area contributed by atoms with Gasteiger partial charge in [-0.25, -0.2) is 14.0 Å². The number of urea groups is 1. The molecule has 34 heavy (non-hydrogen) atoms. The predicted molar refractivity (Wildman–Crippen MR) is 122 cm³/mol. The lowest BCUT2D eigenvalue weighted by atomic mass is 9.97. The molecule has 2 N–H and O–H groups in total. The fourth-order valence-corrected chi connectivity index (χ4v) is 3.48. The van der Waals surface area contributed by atoms with Gasteiger partial charge in [0.1, 0.15) is 12.0 Å². The van der Waals surface area contributed by atoms with Crippen LogP contribution < -0.4 is 21.9 Å². The van der Waals surface area contributed by atoms with Crippen LogP contribution in [-0.4, -0.2) is 38.2 Å². The fraction of sp³-hybridized carbons (Fsp3) is 0.174. The minimum Gasteiger partial charge on any atom is -0.327 e. The van der Waals surface area contributed by atoms with Crippen molar-refractivity contribution < 1.29 is 14.0 Å². The molecule has 0 bridgehead atoms. The Morgan fingerprint density at radius 3 is 2.50 bits per heavy atom. The van der Waals surface area contributed by atoms with Gasteiger partial charge < -0.3 is 15.5 Å². The molecule has 2 heterocycles. The molecule has 174 valence electrons. The summed E-state index contributed by atoms with van der Waals surface area (Å²) in [6, 6.07) is 9.19. The number of hydrogen-bond acceptors (Lipinski definition) is 5. The van der Waals surface area contributed by atoms with E-state index in [9.17, 15) is 23.6 Å². The van der Waals surface area contributed by atoms with Crippen LogP contribution in [0, 0.1) is 12.7 Å². The summed E-state index contributed by atoms with van der Waals surface area (Å²) in [6.45, 7) is 1.77. The number of carbonyl (C=O) groups excluding carboxylic acids is 2. The van der Waals surface area contributed by atoms with Crippen LogP contribution in [0.4, 0.5) is 14.9 Å². The Morgan fingerprint density at radius 1 is 1.09 bits per heavy atom. The molecule has 1 aliphatic rings. The molecule has 1 aliphatic heterocycles. The molecule has 11 heteroatoms. The molecule has 4 rings (SSSR count). The number of amides is 3. The van der Waals surface area contributed by atoms with Crippen LogP contribution in [0.25, 0.3) is 5.69 Å². The monoisotopic (exact) mass is 464 g/mol. The Kier molecular flexibility index (Phi) is 5.84. The van der Waals surface area contributed by atoms with Gasteiger partial charge in [-0.1, -0.05) is 18.2 Å². The molecule has 0 spiro atoms. The molecule has 2 aromatic carbocycles. The smallest absolute Gasteiger partial charge is 0.327 e. The first-order chi connectivity index (χ1) is 16.2. The van der Waals surface area contributed by atoms with Crippen molar-refractivity contribution in [3.05, 3.63) is 98.2 Å². The summed E-state index contributed by atoms with van der Waals surface area (Å²) in [5.41, 5.74) is 1.06. The highest BCUT2D eigenvalue weighted by Gasteiger charge is 2.30. The maximum atomic E-state index is 13.4. The number of anilines is 1. The summed E-state index contributed by atoms with van der Waals surface area (Å²) >= 11 is 0. The average molecular weight is 464 g/mol. The first-order valence-electron chi connectivity index (χ1n) is 10.2. The average Bonchev–Trinajstić information content (AvgIpc) is 2.81. The number of benzene rings is 2. The molecule has 10 nitrogen and oxygen atoms in total. The van der Waals surface area contributed by atoms with Gasteiger partial charge in [0, 0.05) is 26.0 Å². The van der Waals surface area contributed by atoms with Gasteiger partial charge >= 0.3 is 11.7 Å². The predicted octanol–water partition coefficient (Wildman–Crippen LogP) is 1.60. The molecule has 3 amide bonds. The zero-order chi connectivity index (χ0) is 24.6. The molecule has 0 unspecified atom stereocenters. The maximum Gasteiger partial charge on any atom is 0.351 e. The molecule has 0 saturated carbocycles. The van der Waals surface area contributed by atoms with Crippen molar-refractivity contribution in [2.45, 2.75) is 13.0 Å². The van der Waals surface area contributed by atoms with Crippen molar-refractivity contribution in [2.75, 3.05) is 12.4 Å². The molecule has 0 radical (unpaired) electrons. The zero-order valence-electron chi connectivity index (χ0n) is 18.6. The van der Waals surface area contributed by atoms with Crippen LogP contribution in [0.1, 0.15) is 17.2 Å². The highest BCUT2D eigenvalue weighted by molar-refractivity contribution is 6.06. The Morgan fingerprint density at radius 2 is 1.79 bits per heavy atom. The van der Waals surface area contributed by atoms with Crippen molar-refractivity contribution in [1.29, 1.82) is 0 Å². The largest absolute Gasteiger partial charge is 0.351 e. The van der Waals surface area contributed by atoms with E-state index < -0.39 is 35.0 Å². The third-order valence-corrected chi connectivity index (χ3v) is 5.49. The van der Waals surface area contributed by atoms with E-state index in [2.05, 4.69) is 15.7 Å². The van der Waals surface area contributed by atoms with Crippen LogP contribution in [0.15, 0.2) is 70.0 Å². The van der Waals surface area contributed by atoms with Gasteiger partial charge in [0.25, 0.3) is 11.5 Å². The van der Waals surface area contributed by atoms with Crippen molar-refractivity contribution in [3.8, 4) is 5.69 Å². The SMILES string of the molecule is Cc1ccc(-n2ncc(=O)n(C)c2=O)cc1NC(=O)C1=CN(C)C(=O)N[C@H]1c1ccc(F)cc1. The first kappa shape index (κ1) is 22.6. The second-order valence-electron chi connectivity index (χ2n) is 7.82. The van der Waals surface area contributed by atoms with Crippen LogP contribution in [-0.2, 0) is 11.8 Å². The summed E-state index contributed by atoms with van der Waals surface area (Å²) in [4.78, 5) is 50.8. The highest BCUT2D eigenvalue weighted by Crippen LogP contribution is 2.28. The topological polar surface area (TPSA) is 118 Å². The number of hydrogen-bond donors (Lipinski definition) is 2. The Balaban J connectivity index is 1.69. The van der Waals surface area contributed by atoms with Gasteiger partial charge in [-0.2, -0.15) is 9.78 Å². The third-order valence-electron chi connectivity index (χ3n) is 5.49. The third kappa shape index (κ3) is 4.22. The van der Waals surface area contributed by atoms with E-state index in [-0.39, 0.29) is 5.57 Å². The Hall–Kier alpha value is -4.54. The minimum atomic E-state index is -0.791. The lowest BCUT2D eigenvalue weighted by molar-refractivity contribution is -0.113. The number of nitrogens with zero attached hydrogens (tertiary/aromatic N) is 4. The highest BCUT2D eigenvalue weighted by atomic mass is 19.1. The van der Waals surface area contributed by atoms with Crippen LogP contribution >= 0.6 is 0 Å². The second kappa shape index (κ2) is 8.77. The molecule has 3 aromatic rings. The van der Waals surface area contributed by atoms with Gasteiger partial charge in [-0.15, -0.1) is 0 Å². The number of aromatic nitrogens is 3. The normalized spacial score (nSPS) is 15.5. The summed E-state index contributed by atoms with van der Waals surface area (Å²) in [5.74, 6) is -0.935. The molecule has 0 saturated heterocycles. The van der Waals surface area contributed by atoms with Crippen molar-refractivity contribution in [3.63, 3.8) is 0 Å². The standard InChI is InChI=1S/C23H21FN6O4/c1-13-4-9-16(30-23(34)29(3)19(31)11-25-30)10-18(13)26-21(32)17-12-28(2)22(33)27-20(17)14-5-7-15(24)8-6-14/h4-12,20H,1-3H3,(H,26,32)(H,27,33)/t20-/m0/s1. The Labute approximate surface area is 192 Å². The van der Waals surface area contributed by atoms with Gasteiger partial charge in [0.05, 0.1) is 17.3 Å². The maximum absolute atomic E-state index is 13.4. The summed E-state index contributed by atoms with van der Waals surface area (Å²) < 4.78 is 15.4. The van der Waals surface area contributed by atoms with E-state index in [1.54, 1.807) is 25.1 Å². The fourth-order valence-electron chi connectivity index (χ4n) is 3.48. The van der Waals surface area contributed by atoms with Crippen molar-refractivity contribution >= 4 is 17.6 Å². The molecular formula is C23H21FN6O4. The minimum absolute atomic E-state index is 0.232. The molecular weight excluding hydrogens is 443 g/mol. The molecule has 1 atom stereocenters. The summed E-state index contributed by atoms with van der Waals surface area (Å²) in [5, 5.41) is 9.44. The lowest BCUT2D eigenvalue weighted by Gasteiger charge is -2.30. The number of nitrogens with one attached hydrogen (secondary N) is 2. The summed E-state index contributed by atoms with van der Waals surface area (Å²) in [7, 11) is 2.85. The van der Waals surface area contributed by atoms with Crippen LogP contribution in [0.5, 0.6) is 0 Å². The number of rotatable bonds is 4. The first-order valence-corrected chi connectivity index (χ1v) is 10.2. The number of aryl methyl sites for hydroxylation is 1. The van der Waals surface area contributed by atoms with E-state index in [4.69, 9.17) is 0 Å². The lowest BCUT2D eigenvalue weighted by Crippen LogP contribution is -2.44. The molecule has 1 aromatic heterocycles. The van der Waals surface area contributed by atoms with E-state index in [0.717, 1.165) is 15.4 Å². The quantitative estimate of drug-likeness (QED) is 0.608. The second-order valence-corrected chi connectivity index (χ2v) is 7.82. The zero-order valence-corrected chi connectivity index (χ0v) is 18.6. The van der Waals surface area contributed by atoms with E-state index >= 15 is 0 Å². The number of carbonyl (C=O) groups is 2. The molecule has 0 fully saturated rings. The van der Waals surface area contributed by atoms with Crippen molar-refractivity contribution in [2.24, 2.45) is 7.05 Å². The molecule has 0 aliphatic carbocycles. The van der Waals surface area contributed by atoms with E-state index in [0.29, 0.717) is 22.5 Å². The van der Waals surface area contributed by atoms with Crippen LogP contribution in [0.3, 0.4) is 0 Å².